The van der Waals surface area contributed by atoms with Crippen molar-refractivity contribution in [1.82, 2.24) is 0 Å². The van der Waals surface area contributed by atoms with Crippen molar-refractivity contribution in [2.75, 3.05) is 10.3 Å². The standard InChI is InChI=1S/C20H17F2N3O4/c1-11-16(17(26)23-14-7-4-6-13(10-14)20(2,21)22)18(27)25(24-11)15-8-3-5-12(9-15)19(28)29/h3-10,16H,1-2H3,(H,23,26)(H,28,29). The molecule has 0 aromatic heterocycles. The second-order valence-corrected chi connectivity index (χ2v) is 6.64. The molecule has 0 saturated heterocycles. The third-order valence-corrected chi connectivity index (χ3v) is 4.37. The number of alkyl halides is 2. The fourth-order valence-electron chi connectivity index (χ4n) is 2.91. The summed E-state index contributed by atoms with van der Waals surface area (Å²) in [6, 6.07) is 10.8. The third kappa shape index (κ3) is 4.13. The van der Waals surface area contributed by atoms with E-state index in [2.05, 4.69) is 10.4 Å². The number of anilines is 2. The lowest BCUT2D eigenvalue weighted by Gasteiger charge is -2.16. The largest absolute Gasteiger partial charge is 0.478 e. The van der Waals surface area contributed by atoms with Crippen LogP contribution in [0, 0.1) is 5.92 Å². The Morgan fingerprint density at radius 3 is 2.52 bits per heavy atom. The number of amides is 2. The Morgan fingerprint density at radius 1 is 1.17 bits per heavy atom. The van der Waals surface area contributed by atoms with E-state index in [1.807, 2.05) is 0 Å². The number of halogens is 2. The van der Waals surface area contributed by atoms with Crippen molar-refractivity contribution in [1.29, 1.82) is 0 Å². The van der Waals surface area contributed by atoms with Crippen LogP contribution in [-0.2, 0) is 15.5 Å². The Balaban J connectivity index is 1.81. The Kier molecular flexibility index (Phi) is 5.15. The van der Waals surface area contributed by atoms with Crippen molar-refractivity contribution >= 4 is 34.9 Å². The number of nitrogens with zero attached hydrogens (tertiary/aromatic N) is 2. The maximum Gasteiger partial charge on any atom is 0.335 e. The minimum atomic E-state index is -3.08. The zero-order chi connectivity index (χ0) is 21.3. The van der Waals surface area contributed by atoms with Crippen LogP contribution < -0.4 is 10.3 Å². The van der Waals surface area contributed by atoms with Gasteiger partial charge in [0.1, 0.15) is 0 Å². The molecule has 0 fully saturated rings. The van der Waals surface area contributed by atoms with Crippen molar-refractivity contribution in [2.45, 2.75) is 19.8 Å². The van der Waals surface area contributed by atoms with Crippen molar-refractivity contribution in [3.8, 4) is 0 Å². The van der Waals surface area contributed by atoms with Gasteiger partial charge in [0, 0.05) is 18.2 Å². The second-order valence-electron chi connectivity index (χ2n) is 6.64. The number of carboxylic acid groups (broad SMARTS) is 1. The molecule has 29 heavy (non-hydrogen) atoms. The van der Waals surface area contributed by atoms with Gasteiger partial charge in [0.25, 0.3) is 11.8 Å². The van der Waals surface area contributed by atoms with Crippen LogP contribution in [0.2, 0.25) is 0 Å². The van der Waals surface area contributed by atoms with Gasteiger partial charge < -0.3 is 10.4 Å². The molecule has 7 nitrogen and oxygen atoms in total. The van der Waals surface area contributed by atoms with Gasteiger partial charge in [-0.25, -0.2) is 13.6 Å². The second kappa shape index (κ2) is 7.42. The molecule has 3 rings (SSSR count). The molecule has 0 spiro atoms. The van der Waals surface area contributed by atoms with Gasteiger partial charge in [0.05, 0.1) is 17.0 Å². The number of carbonyl (C=O) groups excluding carboxylic acids is 2. The molecule has 2 amide bonds. The molecule has 1 heterocycles. The monoisotopic (exact) mass is 401 g/mol. The van der Waals surface area contributed by atoms with Gasteiger partial charge in [-0.2, -0.15) is 10.1 Å². The number of aromatic carboxylic acids is 1. The first kappa shape index (κ1) is 20.1. The van der Waals surface area contributed by atoms with E-state index in [-0.39, 0.29) is 28.2 Å². The van der Waals surface area contributed by atoms with Crippen LogP contribution in [0.4, 0.5) is 20.2 Å². The highest BCUT2D eigenvalue weighted by atomic mass is 19.3. The molecule has 0 saturated carbocycles. The Hall–Kier alpha value is -3.62. The minimum Gasteiger partial charge on any atom is -0.478 e. The van der Waals surface area contributed by atoms with Crippen LogP contribution in [0.15, 0.2) is 53.6 Å². The predicted octanol–water partition coefficient (Wildman–Crippen LogP) is 3.47. The average molecular weight is 401 g/mol. The van der Waals surface area contributed by atoms with Gasteiger partial charge in [0.2, 0.25) is 5.91 Å². The molecular weight excluding hydrogens is 384 g/mol. The Bertz CT molecular complexity index is 1030. The van der Waals surface area contributed by atoms with Gasteiger partial charge in [-0.05, 0) is 37.3 Å². The number of carboxylic acids is 1. The molecule has 0 bridgehead atoms. The van der Waals surface area contributed by atoms with E-state index in [4.69, 9.17) is 5.11 Å². The Labute approximate surface area is 164 Å². The molecule has 1 atom stereocenters. The van der Waals surface area contributed by atoms with E-state index in [0.717, 1.165) is 18.0 Å². The normalized spacial score (nSPS) is 16.6. The van der Waals surface area contributed by atoms with Crippen molar-refractivity contribution in [3.63, 3.8) is 0 Å². The van der Waals surface area contributed by atoms with E-state index < -0.39 is 29.6 Å². The molecule has 1 aliphatic heterocycles. The number of hydrogen-bond acceptors (Lipinski definition) is 4. The first-order valence-corrected chi connectivity index (χ1v) is 8.59. The van der Waals surface area contributed by atoms with Gasteiger partial charge in [-0.3, -0.25) is 9.59 Å². The lowest BCUT2D eigenvalue weighted by atomic mass is 10.0. The predicted molar refractivity (Wildman–Crippen MR) is 102 cm³/mol. The zero-order valence-electron chi connectivity index (χ0n) is 15.5. The summed E-state index contributed by atoms with van der Waals surface area (Å²) in [4.78, 5) is 36.5. The zero-order valence-corrected chi connectivity index (χ0v) is 15.5. The van der Waals surface area contributed by atoms with E-state index in [0.29, 0.717) is 0 Å². The summed E-state index contributed by atoms with van der Waals surface area (Å²) >= 11 is 0. The van der Waals surface area contributed by atoms with E-state index in [1.165, 1.54) is 49.4 Å². The molecule has 2 aromatic carbocycles. The van der Waals surface area contributed by atoms with E-state index in [1.54, 1.807) is 0 Å². The van der Waals surface area contributed by atoms with E-state index in [9.17, 15) is 23.2 Å². The summed E-state index contributed by atoms with van der Waals surface area (Å²) in [5.74, 6) is -6.88. The number of nitrogens with one attached hydrogen (secondary N) is 1. The van der Waals surface area contributed by atoms with Crippen molar-refractivity contribution in [3.05, 3.63) is 59.7 Å². The fourth-order valence-corrected chi connectivity index (χ4v) is 2.91. The number of benzene rings is 2. The summed E-state index contributed by atoms with van der Waals surface area (Å²) in [7, 11) is 0. The molecule has 2 aromatic rings. The van der Waals surface area contributed by atoms with Crippen LogP contribution in [0.25, 0.3) is 0 Å². The lowest BCUT2D eigenvalue weighted by Crippen LogP contribution is -2.36. The average Bonchev–Trinajstić information content (AvgIpc) is 2.95. The first-order chi connectivity index (χ1) is 13.6. The molecule has 0 radical (unpaired) electrons. The smallest absolute Gasteiger partial charge is 0.335 e. The molecule has 150 valence electrons. The topological polar surface area (TPSA) is 99.1 Å². The van der Waals surface area contributed by atoms with Gasteiger partial charge in [0.15, 0.2) is 5.92 Å². The number of hydrogen-bond donors (Lipinski definition) is 2. The summed E-state index contributed by atoms with van der Waals surface area (Å²) in [6.07, 6.45) is 0. The molecule has 9 heteroatoms. The van der Waals surface area contributed by atoms with Gasteiger partial charge >= 0.3 is 5.97 Å². The van der Waals surface area contributed by atoms with Crippen LogP contribution in [-0.4, -0.2) is 28.6 Å². The van der Waals surface area contributed by atoms with Crippen LogP contribution in [0.3, 0.4) is 0 Å². The quantitative estimate of drug-likeness (QED) is 0.750. The fraction of sp³-hybridized carbons (Fsp3) is 0.200. The molecule has 1 aliphatic rings. The van der Waals surface area contributed by atoms with Crippen LogP contribution in [0.5, 0.6) is 0 Å². The van der Waals surface area contributed by atoms with Crippen molar-refractivity contribution < 1.29 is 28.3 Å². The van der Waals surface area contributed by atoms with Crippen molar-refractivity contribution in [2.24, 2.45) is 11.0 Å². The summed E-state index contributed by atoms with van der Waals surface area (Å²) in [5.41, 5.74) is 0.224. The molecule has 2 N–H and O–H groups in total. The first-order valence-electron chi connectivity index (χ1n) is 8.59. The van der Waals surface area contributed by atoms with Gasteiger partial charge in [-0.15, -0.1) is 0 Å². The number of carbonyl (C=O) groups is 3. The highest BCUT2D eigenvalue weighted by Crippen LogP contribution is 2.29. The highest BCUT2D eigenvalue weighted by molar-refractivity contribution is 6.28. The third-order valence-electron chi connectivity index (χ3n) is 4.37. The molecule has 1 unspecified atom stereocenters. The minimum absolute atomic E-state index is 0.0339. The van der Waals surface area contributed by atoms with E-state index >= 15 is 0 Å². The maximum atomic E-state index is 13.5. The molecule has 0 aliphatic carbocycles. The van der Waals surface area contributed by atoms with Crippen LogP contribution >= 0.6 is 0 Å². The number of rotatable bonds is 5. The summed E-state index contributed by atoms with van der Waals surface area (Å²) in [5, 5.41) is 16.6. The SMILES string of the molecule is CC1=NN(c2cccc(C(=O)O)c2)C(=O)C1C(=O)Nc1cccc(C(C)(F)F)c1. The van der Waals surface area contributed by atoms with Gasteiger partial charge in [-0.1, -0.05) is 18.2 Å². The number of hydrazone groups is 1. The summed E-state index contributed by atoms with van der Waals surface area (Å²) in [6.45, 7) is 2.23. The lowest BCUT2D eigenvalue weighted by molar-refractivity contribution is -0.127. The van der Waals surface area contributed by atoms with Crippen LogP contribution in [0.1, 0.15) is 29.8 Å². The molecular formula is C20H17F2N3O4. The highest BCUT2D eigenvalue weighted by Gasteiger charge is 2.40. The summed E-state index contributed by atoms with van der Waals surface area (Å²) < 4.78 is 27.0. The Morgan fingerprint density at radius 2 is 1.86 bits per heavy atom. The maximum absolute atomic E-state index is 13.5.